The first-order chi connectivity index (χ1) is 11.2. The van der Waals surface area contributed by atoms with Gasteiger partial charge in [-0.3, -0.25) is 4.79 Å². The molecule has 2 aliphatic heterocycles. The molecule has 23 heavy (non-hydrogen) atoms. The smallest absolute Gasteiger partial charge is 0.225 e. The number of rotatable bonds is 2. The standard InChI is InChI=1S/C17H22N4O2/c1-13-12-21(8-9-23-13)17(22)15-4-6-20(7-5-15)16-3-2-14(10-18)11-19-16/h2-3,11,13,15H,4-9,12H2,1H3/t13-/m1/s1. The van der Waals surface area contributed by atoms with Crippen LogP contribution in [0.15, 0.2) is 18.3 Å². The molecular formula is C17H22N4O2. The number of amides is 1. The van der Waals surface area contributed by atoms with Gasteiger partial charge in [-0.1, -0.05) is 0 Å². The summed E-state index contributed by atoms with van der Waals surface area (Å²) in [5, 5.41) is 8.82. The van der Waals surface area contributed by atoms with Crippen LogP contribution in [0.5, 0.6) is 0 Å². The zero-order valence-electron chi connectivity index (χ0n) is 13.4. The van der Waals surface area contributed by atoms with Gasteiger partial charge in [-0.25, -0.2) is 4.98 Å². The molecule has 0 aromatic carbocycles. The maximum atomic E-state index is 12.6. The number of ether oxygens (including phenoxy) is 1. The first-order valence-corrected chi connectivity index (χ1v) is 8.19. The number of anilines is 1. The van der Waals surface area contributed by atoms with Gasteiger partial charge in [-0.15, -0.1) is 0 Å². The SMILES string of the molecule is C[C@@H]1CN(C(=O)C2CCN(c3ccc(C#N)cn3)CC2)CCO1. The highest BCUT2D eigenvalue weighted by Gasteiger charge is 2.31. The average Bonchev–Trinajstić information content (AvgIpc) is 2.61. The van der Waals surface area contributed by atoms with Gasteiger partial charge in [0.2, 0.25) is 5.91 Å². The van der Waals surface area contributed by atoms with Gasteiger partial charge >= 0.3 is 0 Å². The van der Waals surface area contributed by atoms with E-state index in [-0.39, 0.29) is 17.9 Å². The van der Waals surface area contributed by atoms with E-state index < -0.39 is 0 Å². The van der Waals surface area contributed by atoms with Crippen molar-refractivity contribution < 1.29 is 9.53 Å². The minimum atomic E-state index is 0.106. The van der Waals surface area contributed by atoms with Crippen LogP contribution < -0.4 is 4.90 Å². The Bertz CT molecular complexity index is 588. The Hall–Kier alpha value is -2.13. The van der Waals surface area contributed by atoms with Crippen LogP contribution in [-0.2, 0) is 9.53 Å². The van der Waals surface area contributed by atoms with Crippen LogP contribution in [0, 0.1) is 17.2 Å². The lowest BCUT2D eigenvalue weighted by Gasteiger charge is -2.37. The molecule has 2 fully saturated rings. The molecule has 0 bridgehead atoms. The summed E-state index contributed by atoms with van der Waals surface area (Å²) in [6.45, 7) is 5.72. The average molecular weight is 314 g/mol. The highest BCUT2D eigenvalue weighted by Crippen LogP contribution is 2.24. The van der Waals surface area contributed by atoms with E-state index in [1.807, 2.05) is 17.9 Å². The highest BCUT2D eigenvalue weighted by molar-refractivity contribution is 5.79. The van der Waals surface area contributed by atoms with Crippen LogP contribution in [0.4, 0.5) is 5.82 Å². The third kappa shape index (κ3) is 3.62. The van der Waals surface area contributed by atoms with Crippen molar-refractivity contribution in [3.05, 3.63) is 23.9 Å². The lowest BCUT2D eigenvalue weighted by Crippen LogP contribution is -2.49. The predicted octanol–water partition coefficient (Wildman–Crippen LogP) is 1.42. The second-order valence-electron chi connectivity index (χ2n) is 6.24. The van der Waals surface area contributed by atoms with Crippen LogP contribution in [0.3, 0.4) is 0 Å². The van der Waals surface area contributed by atoms with E-state index in [9.17, 15) is 4.79 Å². The van der Waals surface area contributed by atoms with E-state index in [2.05, 4.69) is 16.0 Å². The number of nitrogens with zero attached hydrogens (tertiary/aromatic N) is 4. The number of carbonyl (C=O) groups excluding carboxylic acids is 1. The zero-order valence-corrected chi connectivity index (χ0v) is 13.4. The summed E-state index contributed by atoms with van der Waals surface area (Å²) in [5.41, 5.74) is 0.570. The fourth-order valence-corrected chi connectivity index (χ4v) is 3.27. The molecule has 1 aromatic heterocycles. The van der Waals surface area contributed by atoms with Crippen molar-refractivity contribution in [2.45, 2.75) is 25.9 Å². The number of morpholine rings is 1. The predicted molar refractivity (Wildman–Crippen MR) is 85.9 cm³/mol. The van der Waals surface area contributed by atoms with E-state index in [4.69, 9.17) is 10.00 Å². The Morgan fingerprint density at radius 1 is 1.35 bits per heavy atom. The van der Waals surface area contributed by atoms with Crippen LogP contribution in [-0.4, -0.2) is 54.7 Å². The summed E-state index contributed by atoms with van der Waals surface area (Å²) in [6.07, 6.45) is 3.44. The first-order valence-electron chi connectivity index (χ1n) is 8.19. The molecule has 3 heterocycles. The van der Waals surface area contributed by atoms with Crippen molar-refractivity contribution in [1.82, 2.24) is 9.88 Å². The zero-order chi connectivity index (χ0) is 16.2. The molecule has 0 aliphatic carbocycles. The fraction of sp³-hybridized carbons (Fsp3) is 0.588. The fourth-order valence-electron chi connectivity index (χ4n) is 3.27. The second kappa shape index (κ2) is 6.97. The van der Waals surface area contributed by atoms with Crippen LogP contribution in [0.25, 0.3) is 0 Å². The molecule has 3 rings (SSSR count). The molecular weight excluding hydrogens is 292 g/mol. The van der Waals surface area contributed by atoms with E-state index in [1.165, 1.54) is 0 Å². The number of hydrogen-bond acceptors (Lipinski definition) is 5. The minimum Gasteiger partial charge on any atom is -0.375 e. The van der Waals surface area contributed by atoms with Gasteiger partial charge in [-0.2, -0.15) is 5.26 Å². The van der Waals surface area contributed by atoms with E-state index >= 15 is 0 Å². The third-order valence-corrected chi connectivity index (χ3v) is 4.60. The van der Waals surface area contributed by atoms with Gasteiger partial charge in [0, 0.05) is 38.3 Å². The van der Waals surface area contributed by atoms with Crippen molar-refractivity contribution in [3.8, 4) is 6.07 Å². The number of nitriles is 1. The number of pyridine rings is 1. The van der Waals surface area contributed by atoms with Crippen molar-refractivity contribution in [2.75, 3.05) is 37.7 Å². The summed E-state index contributed by atoms with van der Waals surface area (Å²) in [7, 11) is 0. The monoisotopic (exact) mass is 314 g/mol. The maximum Gasteiger partial charge on any atom is 0.225 e. The van der Waals surface area contributed by atoms with E-state index in [0.717, 1.165) is 31.7 Å². The molecule has 0 unspecified atom stereocenters. The summed E-state index contributed by atoms with van der Waals surface area (Å²) in [6, 6.07) is 5.74. The summed E-state index contributed by atoms with van der Waals surface area (Å²) in [5.74, 6) is 1.26. The number of carbonyl (C=O) groups is 1. The molecule has 1 atom stereocenters. The Morgan fingerprint density at radius 3 is 2.74 bits per heavy atom. The topological polar surface area (TPSA) is 69.5 Å². The van der Waals surface area contributed by atoms with Crippen LogP contribution >= 0.6 is 0 Å². The molecule has 6 heteroatoms. The number of piperidine rings is 1. The van der Waals surface area contributed by atoms with E-state index in [0.29, 0.717) is 25.3 Å². The summed E-state index contributed by atoms with van der Waals surface area (Å²) in [4.78, 5) is 21.1. The summed E-state index contributed by atoms with van der Waals surface area (Å²) >= 11 is 0. The molecule has 0 spiro atoms. The summed E-state index contributed by atoms with van der Waals surface area (Å²) < 4.78 is 5.51. The van der Waals surface area contributed by atoms with Gasteiger partial charge in [0.25, 0.3) is 0 Å². The minimum absolute atomic E-state index is 0.106. The van der Waals surface area contributed by atoms with Crippen molar-refractivity contribution in [3.63, 3.8) is 0 Å². The highest BCUT2D eigenvalue weighted by atomic mass is 16.5. The van der Waals surface area contributed by atoms with Gasteiger partial charge in [0.15, 0.2) is 0 Å². The molecule has 1 amide bonds. The Balaban J connectivity index is 1.55. The van der Waals surface area contributed by atoms with Crippen molar-refractivity contribution >= 4 is 11.7 Å². The van der Waals surface area contributed by atoms with Gasteiger partial charge in [-0.05, 0) is 31.9 Å². The second-order valence-corrected chi connectivity index (χ2v) is 6.24. The number of aromatic nitrogens is 1. The molecule has 0 saturated carbocycles. The van der Waals surface area contributed by atoms with Crippen molar-refractivity contribution in [1.29, 1.82) is 5.26 Å². The quantitative estimate of drug-likeness (QED) is 0.825. The molecule has 1 aromatic rings. The van der Waals surface area contributed by atoms with Gasteiger partial charge < -0.3 is 14.5 Å². The largest absolute Gasteiger partial charge is 0.375 e. The molecule has 6 nitrogen and oxygen atoms in total. The molecule has 0 radical (unpaired) electrons. The molecule has 2 saturated heterocycles. The van der Waals surface area contributed by atoms with Gasteiger partial charge in [0.1, 0.15) is 11.9 Å². The van der Waals surface area contributed by atoms with E-state index in [1.54, 1.807) is 12.3 Å². The number of hydrogen-bond donors (Lipinski definition) is 0. The lowest BCUT2D eigenvalue weighted by molar-refractivity contribution is -0.143. The Kier molecular flexibility index (Phi) is 4.77. The molecule has 2 aliphatic rings. The maximum absolute atomic E-state index is 12.6. The molecule has 0 N–H and O–H groups in total. The first kappa shape index (κ1) is 15.8. The normalized spacial score (nSPS) is 22.7. The van der Waals surface area contributed by atoms with Crippen molar-refractivity contribution in [2.24, 2.45) is 5.92 Å². The van der Waals surface area contributed by atoms with Crippen LogP contribution in [0.1, 0.15) is 25.3 Å². The lowest BCUT2D eigenvalue weighted by atomic mass is 9.95. The Morgan fingerprint density at radius 2 is 2.13 bits per heavy atom. The van der Waals surface area contributed by atoms with Gasteiger partial charge in [0.05, 0.1) is 18.3 Å². The molecule has 122 valence electrons. The third-order valence-electron chi connectivity index (χ3n) is 4.60. The Labute approximate surface area is 136 Å². The van der Waals surface area contributed by atoms with Crippen LogP contribution in [0.2, 0.25) is 0 Å².